The molecule has 1 aliphatic heterocycles. The molecular weight excluding hydrogens is 438 g/mol. The van der Waals surface area contributed by atoms with Gasteiger partial charge in [-0.2, -0.15) is 11.8 Å². The van der Waals surface area contributed by atoms with E-state index in [1.54, 1.807) is 36.0 Å². The Morgan fingerprint density at radius 3 is 2.36 bits per heavy atom. The summed E-state index contributed by atoms with van der Waals surface area (Å²) in [6.07, 6.45) is -1.36. The van der Waals surface area contributed by atoms with Crippen LogP contribution in [-0.2, 0) is 30.2 Å². The number of rotatable bonds is 7. The summed E-state index contributed by atoms with van der Waals surface area (Å²) < 4.78 is 11.1. The molecule has 0 bridgehead atoms. The minimum absolute atomic E-state index is 0.0287. The summed E-state index contributed by atoms with van der Waals surface area (Å²) in [4.78, 5) is 36.6. The number of nitrogens with one attached hydrogen (secondary N) is 1. The third kappa shape index (κ3) is 7.17. The average molecular weight is 470 g/mol. The highest BCUT2D eigenvalue weighted by Gasteiger charge is 2.38. The van der Waals surface area contributed by atoms with Crippen LogP contribution in [0.25, 0.3) is 0 Å². The molecule has 1 saturated heterocycles. The third-order valence-corrected chi connectivity index (χ3v) is 6.85. The summed E-state index contributed by atoms with van der Waals surface area (Å²) in [5.41, 5.74) is 2.94. The lowest BCUT2D eigenvalue weighted by Crippen LogP contribution is -2.53. The summed E-state index contributed by atoms with van der Waals surface area (Å²) in [6, 6.07) is 17.1. The van der Waals surface area contributed by atoms with Gasteiger partial charge < -0.3 is 14.8 Å². The zero-order valence-electron chi connectivity index (χ0n) is 19.5. The van der Waals surface area contributed by atoms with Crippen LogP contribution in [0, 0.1) is 0 Å². The van der Waals surface area contributed by atoms with Gasteiger partial charge in [0.1, 0.15) is 12.7 Å². The predicted octanol–water partition coefficient (Wildman–Crippen LogP) is 4.26. The molecular formula is C26H31NO5S. The van der Waals surface area contributed by atoms with Gasteiger partial charge in [-0.3, -0.25) is 14.4 Å². The Balaban J connectivity index is 1.65. The number of amides is 1. The molecule has 1 N–H and O–H groups in total. The Kier molecular flexibility index (Phi) is 8.32. The first-order valence-corrected chi connectivity index (χ1v) is 12.1. The number of hydrogen-bond donors (Lipinski definition) is 1. The zero-order chi connectivity index (χ0) is 24.0. The van der Waals surface area contributed by atoms with Crippen LogP contribution in [0.1, 0.15) is 55.6 Å². The van der Waals surface area contributed by atoms with Crippen molar-refractivity contribution in [2.45, 2.75) is 62.9 Å². The van der Waals surface area contributed by atoms with E-state index in [1.165, 1.54) is 12.5 Å². The van der Waals surface area contributed by atoms with Crippen LogP contribution in [-0.4, -0.2) is 41.8 Å². The van der Waals surface area contributed by atoms with Gasteiger partial charge in [-0.1, -0.05) is 63.2 Å². The van der Waals surface area contributed by atoms with Gasteiger partial charge in [-0.15, -0.1) is 0 Å². The van der Waals surface area contributed by atoms with Crippen molar-refractivity contribution >= 4 is 29.4 Å². The van der Waals surface area contributed by atoms with E-state index in [1.807, 2.05) is 6.07 Å². The Morgan fingerprint density at radius 2 is 1.76 bits per heavy atom. The minimum atomic E-state index is -1.07. The Morgan fingerprint density at radius 1 is 1.09 bits per heavy atom. The lowest BCUT2D eigenvalue weighted by Gasteiger charge is -2.35. The van der Waals surface area contributed by atoms with Crippen molar-refractivity contribution in [2.24, 2.45) is 0 Å². The second kappa shape index (κ2) is 11.0. The molecule has 6 nitrogen and oxygen atoms in total. The maximum atomic E-state index is 12.8. The van der Waals surface area contributed by atoms with E-state index in [0.29, 0.717) is 11.3 Å². The Hall–Kier alpha value is -2.64. The smallest absolute Gasteiger partial charge is 0.302 e. The van der Waals surface area contributed by atoms with Crippen LogP contribution in [0.5, 0.6) is 0 Å². The summed E-state index contributed by atoms with van der Waals surface area (Å²) in [6.45, 7) is 7.89. The number of carbonyl (C=O) groups is 3. The first-order valence-electron chi connectivity index (χ1n) is 11.0. The first kappa shape index (κ1) is 25.0. The van der Waals surface area contributed by atoms with Crippen molar-refractivity contribution in [2.75, 3.05) is 6.61 Å². The highest BCUT2D eigenvalue weighted by Crippen LogP contribution is 2.31. The second-order valence-electron chi connectivity index (χ2n) is 9.16. The molecule has 1 amide bonds. The quantitative estimate of drug-likeness (QED) is 0.610. The molecule has 3 atom stereocenters. The van der Waals surface area contributed by atoms with E-state index < -0.39 is 18.3 Å². The largest absolute Gasteiger partial charge is 0.463 e. The van der Waals surface area contributed by atoms with Crippen molar-refractivity contribution in [3.63, 3.8) is 0 Å². The molecule has 0 aromatic heterocycles. The molecule has 33 heavy (non-hydrogen) atoms. The normalized spacial score (nSPS) is 20.8. The maximum absolute atomic E-state index is 12.8. The Labute approximate surface area is 199 Å². The number of Topliss-reactive ketones (excluding diaryl/α,β-unsaturated/α-hetero) is 1. The van der Waals surface area contributed by atoms with E-state index in [-0.39, 0.29) is 35.4 Å². The fraction of sp³-hybridized carbons (Fsp3) is 0.423. The van der Waals surface area contributed by atoms with Crippen molar-refractivity contribution in [1.82, 2.24) is 5.32 Å². The Bertz CT molecular complexity index is 968. The number of thioether (sulfide) groups is 1. The molecule has 1 fully saturated rings. The number of esters is 1. The molecule has 3 rings (SSSR count). The SMILES string of the molecule is CC(=O)OC[C@H]1O[C@@H](NC(=O)c2ccccc2)C(=O)CC1SCc1ccc(C(C)(C)C)cc1. The lowest BCUT2D eigenvalue weighted by atomic mass is 9.87. The molecule has 0 saturated carbocycles. The van der Waals surface area contributed by atoms with Crippen molar-refractivity contribution in [3.8, 4) is 0 Å². The molecule has 1 unspecified atom stereocenters. The van der Waals surface area contributed by atoms with Gasteiger partial charge in [-0.25, -0.2) is 0 Å². The molecule has 1 aliphatic rings. The zero-order valence-corrected chi connectivity index (χ0v) is 20.3. The average Bonchev–Trinajstić information content (AvgIpc) is 2.78. The fourth-order valence-electron chi connectivity index (χ4n) is 3.50. The van der Waals surface area contributed by atoms with Gasteiger partial charge in [0.2, 0.25) is 0 Å². The molecule has 2 aromatic carbocycles. The van der Waals surface area contributed by atoms with E-state index in [4.69, 9.17) is 9.47 Å². The van der Waals surface area contributed by atoms with Crippen LogP contribution in [0.2, 0.25) is 0 Å². The van der Waals surface area contributed by atoms with Gasteiger partial charge in [0, 0.05) is 29.9 Å². The molecule has 2 aromatic rings. The first-order chi connectivity index (χ1) is 15.6. The molecule has 7 heteroatoms. The number of hydrogen-bond acceptors (Lipinski definition) is 6. The van der Waals surface area contributed by atoms with Crippen molar-refractivity contribution < 1.29 is 23.9 Å². The number of benzene rings is 2. The van der Waals surface area contributed by atoms with Crippen LogP contribution in [0.3, 0.4) is 0 Å². The standard InChI is InChI=1S/C26H31NO5S/c1-17(28)31-15-22-23(33-16-18-10-12-20(13-11-18)26(2,3)4)14-21(29)25(32-22)27-24(30)19-8-6-5-7-9-19/h5-13,22-23,25H,14-16H2,1-4H3,(H,27,30)/t22-,23?,25-/m1/s1. The maximum Gasteiger partial charge on any atom is 0.302 e. The summed E-state index contributed by atoms with van der Waals surface area (Å²) in [5, 5.41) is 2.47. The molecule has 0 aliphatic carbocycles. The van der Waals surface area contributed by atoms with Gasteiger partial charge in [0.05, 0.1) is 0 Å². The monoisotopic (exact) mass is 469 g/mol. The van der Waals surface area contributed by atoms with Crippen molar-refractivity contribution in [1.29, 1.82) is 0 Å². The van der Waals surface area contributed by atoms with Gasteiger partial charge in [-0.05, 0) is 28.7 Å². The topological polar surface area (TPSA) is 81.7 Å². The van der Waals surface area contributed by atoms with Gasteiger partial charge in [0.25, 0.3) is 5.91 Å². The van der Waals surface area contributed by atoms with Gasteiger partial charge >= 0.3 is 5.97 Å². The van der Waals surface area contributed by atoms with Crippen LogP contribution >= 0.6 is 11.8 Å². The lowest BCUT2D eigenvalue weighted by molar-refractivity contribution is -0.156. The number of ether oxygens (including phenoxy) is 2. The minimum Gasteiger partial charge on any atom is -0.463 e. The third-order valence-electron chi connectivity index (χ3n) is 5.45. The van der Waals surface area contributed by atoms with Crippen molar-refractivity contribution in [3.05, 3.63) is 71.3 Å². The second-order valence-corrected chi connectivity index (χ2v) is 10.4. The highest BCUT2D eigenvalue weighted by molar-refractivity contribution is 7.99. The fourth-order valence-corrected chi connectivity index (χ4v) is 4.74. The number of carbonyl (C=O) groups excluding carboxylic acids is 3. The number of ketones is 1. The molecule has 176 valence electrons. The summed E-state index contributed by atoms with van der Waals surface area (Å²) >= 11 is 1.59. The molecule has 1 heterocycles. The van der Waals surface area contributed by atoms with E-state index in [0.717, 1.165) is 5.56 Å². The molecule has 0 radical (unpaired) electrons. The highest BCUT2D eigenvalue weighted by atomic mass is 32.2. The van der Waals surface area contributed by atoms with Crippen LogP contribution in [0.4, 0.5) is 0 Å². The van der Waals surface area contributed by atoms with Crippen LogP contribution in [0.15, 0.2) is 54.6 Å². The summed E-state index contributed by atoms with van der Waals surface area (Å²) in [7, 11) is 0. The predicted molar refractivity (Wildman–Crippen MR) is 129 cm³/mol. The van der Waals surface area contributed by atoms with E-state index in [9.17, 15) is 14.4 Å². The summed E-state index contributed by atoms with van der Waals surface area (Å²) in [5.74, 6) is -0.297. The molecule has 0 spiro atoms. The van der Waals surface area contributed by atoms with E-state index in [2.05, 4.69) is 50.4 Å². The van der Waals surface area contributed by atoms with Crippen LogP contribution < -0.4 is 5.32 Å². The van der Waals surface area contributed by atoms with Gasteiger partial charge in [0.15, 0.2) is 12.0 Å². The van der Waals surface area contributed by atoms with E-state index >= 15 is 0 Å².